The number of esters is 1. The van der Waals surface area contributed by atoms with Crippen LogP contribution in [0.3, 0.4) is 0 Å². The second-order valence-corrected chi connectivity index (χ2v) is 6.74. The van der Waals surface area contributed by atoms with Gasteiger partial charge in [-0.3, -0.25) is 9.59 Å². The van der Waals surface area contributed by atoms with Gasteiger partial charge in [-0.1, -0.05) is 38.3 Å². The molecule has 1 aromatic rings. The molecule has 1 saturated carbocycles. The van der Waals surface area contributed by atoms with Crippen LogP contribution >= 0.6 is 31.9 Å². The molecule has 0 amide bonds. The highest BCUT2D eigenvalue weighted by Gasteiger charge is 2.32. The van der Waals surface area contributed by atoms with Gasteiger partial charge in [-0.15, -0.1) is 0 Å². The molecule has 1 aliphatic rings. The van der Waals surface area contributed by atoms with Crippen molar-refractivity contribution in [3.8, 4) is 0 Å². The van der Waals surface area contributed by atoms with Crippen LogP contribution in [0.2, 0.25) is 0 Å². The molecule has 0 atom stereocenters. The lowest BCUT2D eigenvalue weighted by Gasteiger charge is -2.31. The molecule has 0 saturated heterocycles. The first-order valence-electron chi connectivity index (χ1n) is 7.40. The molecule has 4 nitrogen and oxygen atoms in total. The van der Waals surface area contributed by atoms with Crippen molar-refractivity contribution in [2.75, 3.05) is 17.8 Å². The van der Waals surface area contributed by atoms with E-state index in [9.17, 15) is 14.4 Å². The van der Waals surface area contributed by atoms with Crippen molar-refractivity contribution >= 4 is 49.4 Å². The number of Topliss-reactive ketones (excluding diaryl/α,β-unsaturated/α-hetero) is 2. The van der Waals surface area contributed by atoms with Crippen LogP contribution in [0.25, 0.3) is 0 Å². The van der Waals surface area contributed by atoms with Gasteiger partial charge in [0.1, 0.15) is 0 Å². The predicted octanol–water partition coefficient (Wildman–Crippen LogP) is 4.20. The highest BCUT2D eigenvalue weighted by Crippen LogP contribution is 2.42. The average molecular weight is 446 g/mol. The van der Waals surface area contributed by atoms with Gasteiger partial charge >= 0.3 is 5.97 Å². The Bertz CT molecular complexity index is 663. The number of carbonyl (C=O) groups excluding carboxylic acids is 3. The number of hydrogen-bond donors (Lipinski definition) is 0. The van der Waals surface area contributed by atoms with Crippen LogP contribution in [-0.4, -0.2) is 35.3 Å². The first kappa shape index (κ1) is 18.3. The van der Waals surface area contributed by atoms with E-state index >= 15 is 0 Å². The molecule has 0 aliphatic heterocycles. The smallest absolute Gasteiger partial charge is 0.338 e. The lowest BCUT2D eigenvalue weighted by Crippen LogP contribution is -2.23. The van der Waals surface area contributed by atoms with Crippen LogP contribution in [0.1, 0.15) is 67.4 Å². The Kier molecular flexibility index (Phi) is 6.14. The highest BCUT2D eigenvalue weighted by atomic mass is 79.9. The molecule has 2 rings (SSSR count). The minimum atomic E-state index is -0.532. The summed E-state index contributed by atoms with van der Waals surface area (Å²) in [5.41, 5.74) is 2.63. The summed E-state index contributed by atoms with van der Waals surface area (Å²) in [7, 11) is 1.29. The summed E-state index contributed by atoms with van der Waals surface area (Å²) >= 11 is 6.40. The molecule has 0 spiro atoms. The number of benzene rings is 1. The summed E-state index contributed by atoms with van der Waals surface area (Å²) in [6, 6.07) is 1.59. The van der Waals surface area contributed by atoms with E-state index in [0.717, 1.165) is 24.8 Å². The van der Waals surface area contributed by atoms with Gasteiger partial charge in [-0.25, -0.2) is 4.79 Å². The topological polar surface area (TPSA) is 60.4 Å². The van der Waals surface area contributed by atoms with Crippen molar-refractivity contribution < 1.29 is 19.1 Å². The van der Waals surface area contributed by atoms with E-state index in [1.807, 2.05) is 0 Å². The van der Waals surface area contributed by atoms with Crippen molar-refractivity contribution in [2.24, 2.45) is 0 Å². The zero-order valence-corrected chi connectivity index (χ0v) is 16.3. The van der Waals surface area contributed by atoms with Crippen LogP contribution in [0.15, 0.2) is 6.07 Å². The minimum absolute atomic E-state index is 0.112. The van der Waals surface area contributed by atoms with Gasteiger partial charge in [0.05, 0.1) is 23.3 Å². The summed E-state index contributed by atoms with van der Waals surface area (Å²) in [6.07, 6.45) is 3.01. The van der Waals surface area contributed by atoms with Gasteiger partial charge in [0, 0.05) is 11.1 Å². The maximum atomic E-state index is 12.5. The Morgan fingerprint density at radius 3 is 2.17 bits per heavy atom. The fourth-order valence-corrected chi connectivity index (χ4v) is 3.56. The molecular formula is C17H18Br2O4. The fourth-order valence-electron chi connectivity index (χ4n) is 2.97. The van der Waals surface area contributed by atoms with Gasteiger partial charge in [0.15, 0.2) is 11.6 Å². The van der Waals surface area contributed by atoms with Gasteiger partial charge in [-0.2, -0.15) is 0 Å². The minimum Gasteiger partial charge on any atom is -0.465 e. The van der Waals surface area contributed by atoms with E-state index in [1.54, 1.807) is 13.0 Å². The van der Waals surface area contributed by atoms with Crippen LogP contribution in [-0.2, 0) is 4.74 Å². The molecule has 1 aromatic carbocycles. The number of alkyl halides is 2. The summed E-state index contributed by atoms with van der Waals surface area (Å²) in [6.45, 7) is 1.74. The van der Waals surface area contributed by atoms with E-state index in [-0.39, 0.29) is 33.7 Å². The molecule has 0 radical (unpaired) electrons. The first-order valence-corrected chi connectivity index (χ1v) is 9.64. The Morgan fingerprint density at radius 2 is 1.74 bits per heavy atom. The second kappa shape index (κ2) is 7.71. The SMILES string of the molecule is COC(=O)c1cc(C(=O)CBr)c(C2CCC2)c(C(=O)CBr)c1C. The Balaban J connectivity index is 2.79. The number of ketones is 2. The van der Waals surface area contributed by atoms with E-state index in [4.69, 9.17) is 4.74 Å². The molecule has 6 heteroatoms. The van der Waals surface area contributed by atoms with Gasteiger partial charge in [-0.05, 0) is 42.9 Å². The van der Waals surface area contributed by atoms with Crippen LogP contribution in [0, 0.1) is 6.92 Å². The summed E-state index contributed by atoms with van der Waals surface area (Å²) in [5.74, 6) is -0.564. The lowest BCUT2D eigenvalue weighted by atomic mass is 9.73. The number of halogens is 2. The van der Waals surface area contributed by atoms with Crippen molar-refractivity contribution in [3.63, 3.8) is 0 Å². The number of carbonyl (C=O) groups is 3. The third kappa shape index (κ3) is 3.43. The van der Waals surface area contributed by atoms with E-state index in [1.165, 1.54) is 7.11 Å². The third-order valence-electron chi connectivity index (χ3n) is 4.37. The second-order valence-electron chi connectivity index (χ2n) is 5.62. The molecule has 0 heterocycles. The monoisotopic (exact) mass is 444 g/mol. The van der Waals surface area contributed by atoms with Crippen LogP contribution in [0.5, 0.6) is 0 Å². The quantitative estimate of drug-likeness (QED) is 0.374. The molecule has 124 valence electrons. The van der Waals surface area contributed by atoms with Crippen LogP contribution in [0.4, 0.5) is 0 Å². The maximum Gasteiger partial charge on any atom is 0.338 e. The molecule has 1 aliphatic carbocycles. The zero-order valence-electron chi connectivity index (χ0n) is 13.1. The van der Waals surface area contributed by atoms with Crippen molar-refractivity contribution in [3.05, 3.63) is 33.9 Å². The molecule has 23 heavy (non-hydrogen) atoms. The predicted molar refractivity (Wildman–Crippen MR) is 95.4 cm³/mol. The summed E-state index contributed by atoms with van der Waals surface area (Å²) in [4.78, 5) is 37.0. The van der Waals surface area contributed by atoms with Crippen LogP contribution < -0.4 is 0 Å². The molecule has 0 aromatic heterocycles. The zero-order chi connectivity index (χ0) is 17.1. The molecule has 0 bridgehead atoms. The van der Waals surface area contributed by atoms with E-state index in [0.29, 0.717) is 16.7 Å². The fraction of sp³-hybridized carbons (Fsp3) is 0.471. The first-order chi connectivity index (χ1) is 11.0. The number of rotatable bonds is 6. The van der Waals surface area contributed by atoms with Crippen molar-refractivity contribution in [2.45, 2.75) is 32.1 Å². The average Bonchev–Trinajstić information content (AvgIpc) is 2.51. The molecule has 0 unspecified atom stereocenters. The molecular weight excluding hydrogens is 428 g/mol. The summed E-state index contributed by atoms with van der Waals surface area (Å²) < 4.78 is 4.81. The molecule has 0 N–H and O–H groups in total. The standard InChI is InChI=1S/C17H18Br2O4/c1-9-11(17(22)23-2)6-12(13(20)7-18)16(10-4-3-5-10)15(9)14(21)8-19/h6,10H,3-5,7-8H2,1-2H3. The van der Waals surface area contributed by atoms with Crippen molar-refractivity contribution in [1.29, 1.82) is 0 Å². The molecule has 1 fully saturated rings. The van der Waals surface area contributed by atoms with Crippen molar-refractivity contribution in [1.82, 2.24) is 0 Å². The Hall–Kier alpha value is -1.01. The van der Waals surface area contributed by atoms with E-state index < -0.39 is 5.97 Å². The van der Waals surface area contributed by atoms with Gasteiger partial charge in [0.2, 0.25) is 0 Å². The third-order valence-corrected chi connectivity index (χ3v) is 5.39. The highest BCUT2D eigenvalue weighted by molar-refractivity contribution is 9.09. The van der Waals surface area contributed by atoms with Gasteiger partial charge < -0.3 is 4.74 Å². The Morgan fingerprint density at radius 1 is 1.13 bits per heavy atom. The Labute approximate surface area is 152 Å². The maximum absolute atomic E-state index is 12.5. The van der Waals surface area contributed by atoms with Gasteiger partial charge in [0.25, 0.3) is 0 Å². The largest absolute Gasteiger partial charge is 0.465 e. The number of methoxy groups -OCH3 is 1. The van der Waals surface area contributed by atoms with E-state index in [2.05, 4.69) is 31.9 Å². The number of hydrogen-bond acceptors (Lipinski definition) is 4. The normalized spacial score (nSPS) is 14.3. The lowest BCUT2D eigenvalue weighted by molar-refractivity contribution is 0.0600. The summed E-state index contributed by atoms with van der Waals surface area (Å²) in [5, 5.41) is 0.304. The number of ether oxygens (including phenoxy) is 1.